The molecule has 1 aromatic carbocycles. The summed E-state index contributed by atoms with van der Waals surface area (Å²) in [6.07, 6.45) is 4.62. The number of aromatic nitrogens is 2. The molecule has 2 rings (SSSR count). The van der Waals surface area contributed by atoms with Gasteiger partial charge in [0, 0.05) is 10.7 Å². The summed E-state index contributed by atoms with van der Waals surface area (Å²) in [7, 11) is 0. The normalized spacial score (nSPS) is 11.1. The lowest BCUT2D eigenvalue weighted by Crippen LogP contribution is -2.18. The van der Waals surface area contributed by atoms with Crippen molar-refractivity contribution in [1.29, 1.82) is 0 Å². The molecule has 0 aliphatic rings. The maximum Gasteiger partial charge on any atom is 0.291 e. The van der Waals surface area contributed by atoms with E-state index >= 15 is 0 Å². The number of hydrogen-bond acceptors (Lipinski definition) is 2. The first kappa shape index (κ1) is 13.3. The largest absolute Gasteiger partial charge is 0.291 e. The third-order valence-electron chi connectivity index (χ3n) is 2.18. The maximum atomic E-state index is 11.7. The summed E-state index contributed by atoms with van der Waals surface area (Å²) in [6, 6.07) is 7.63. The highest BCUT2D eigenvalue weighted by molar-refractivity contribution is 9.10. The Labute approximate surface area is 122 Å². The van der Waals surface area contributed by atoms with Crippen LogP contribution in [0.3, 0.4) is 0 Å². The topological polar surface area (TPSA) is 34.9 Å². The van der Waals surface area contributed by atoms with Gasteiger partial charge in [0.05, 0.1) is 11.2 Å². The second-order valence-corrected chi connectivity index (χ2v) is 5.12. The van der Waals surface area contributed by atoms with E-state index in [4.69, 9.17) is 23.2 Å². The molecule has 0 atom stereocenters. The van der Waals surface area contributed by atoms with Gasteiger partial charge in [-0.25, -0.2) is 4.68 Å². The molecule has 0 saturated carbocycles. The molecule has 6 heteroatoms. The molecule has 3 nitrogen and oxygen atoms in total. The summed E-state index contributed by atoms with van der Waals surface area (Å²) in [6.45, 7) is 0. The van der Waals surface area contributed by atoms with Gasteiger partial charge in [-0.1, -0.05) is 51.3 Å². The predicted molar refractivity (Wildman–Crippen MR) is 77.9 cm³/mol. The van der Waals surface area contributed by atoms with Gasteiger partial charge in [0.1, 0.15) is 5.02 Å². The van der Waals surface area contributed by atoms with Gasteiger partial charge in [0.15, 0.2) is 0 Å². The number of nitrogens with zero attached hydrogens (tertiary/aromatic N) is 2. The first-order chi connectivity index (χ1) is 8.58. The summed E-state index contributed by atoms with van der Waals surface area (Å²) in [5, 5.41) is 3.98. The van der Waals surface area contributed by atoms with E-state index in [-0.39, 0.29) is 10.0 Å². The summed E-state index contributed by atoms with van der Waals surface area (Å²) < 4.78 is 2.13. The van der Waals surface area contributed by atoms with Gasteiger partial charge in [-0.15, -0.1) is 0 Å². The number of rotatable bonds is 2. The van der Waals surface area contributed by atoms with Crippen molar-refractivity contribution in [2.24, 2.45) is 0 Å². The summed E-state index contributed by atoms with van der Waals surface area (Å²) >= 11 is 14.8. The van der Waals surface area contributed by atoms with Crippen LogP contribution in [0.25, 0.3) is 12.3 Å². The van der Waals surface area contributed by atoms with Crippen molar-refractivity contribution >= 4 is 51.4 Å². The Morgan fingerprint density at radius 1 is 1.22 bits per heavy atom. The highest BCUT2D eigenvalue weighted by Crippen LogP contribution is 2.15. The van der Waals surface area contributed by atoms with Gasteiger partial charge in [-0.3, -0.25) is 4.79 Å². The van der Waals surface area contributed by atoms with Gasteiger partial charge in [-0.05, 0) is 23.8 Å². The van der Waals surface area contributed by atoms with Crippen molar-refractivity contribution < 1.29 is 0 Å². The third kappa shape index (κ3) is 3.02. The Kier molecular flexibility index (Phi) is 4.22. The van der Waals surface area contributed by atoms with Crippen LogP contribution in [0.15, 0.2) is 39.7 Å². The van der Waals surface area contributed by atoms with Crippen molar-refractivity contribution in [3.8, 4) is 0 Å². The molecule has 2 aromatic rings. The van der Waals surface area contributed by atoms with Crippen molar-refractivity contribution in [3.05, 3.63) is 60.9 Å². The molecule has 0 aliphatic carbocycles. The minimum Gasteiger partial charge on any atom is -0.266 e. The van der Waals surface area contributed by atoms with Crippen LogP contribution < -0.4 is 5.56 Å². The van der Waals surface area contributed by atoms with E-state index in [9.17, 15) is 4.79 Å². The minimum atomic E-state index is -0.447. The average Bonchev–Trinajstić information content (AvgIpc) is 2.37. The fourth-order valence-corrected chi connectivity index (χ4v) is 1.79. The SMILES string of the molecule is O=c1c(Cl)c(Cl)cnn1/C=C/c1ccc(Br)cc1. The van der Waals surface area contributed by atoms with E-state index < -0.39 is 5.56 Å². The molecule has 0 aliphatic heterocycles. The highest BCUT2D eigenvalue weighted by Gasteiger charge is 2.04. The van der Waals surface area contributed by atoms with Crippen LogP contribution in [-0.4, -0.2) is 9.78 Å². The van der Waals surface area contributed by atoms with E-state index in [0.29, 0.717) is 0 Å². The molecular formula is C12H7BrCl2N2O. The molecule has 0 saturated heterocycles. The highest BCUT2D eigenvalue weighted by atomic mass is 79.9. The molecule has 92 valence electrons. The summed E-state index contributed by atoms with van der Waals surface area (Å²) in [5.74, 6) is 0. The first-order valence-corrected chi connectivity index (χ1v) is 6.49. The van der Waals surface area contributed by atoms with Gasteiger partial charge in [0.25, 0.3) is 5.56 Å². The van der Waals surface area contributed by atoms with Gasteiger partial charge in [0.2, 0.25) is 0 Å². The van der Waals surface area contributed by atoms with Crippen LogP contribution >= 0.6 is 39.1 Å². The van der Waals surface area contributed by atoms with Gasteiger partial charge in [-0.2, -0.15) is 5.10 Å². The molecule has 0 spiro atoms. The Morgan fingerprint density at radius 2 is 1.89 bits per heavy atom. The maximum absolute atomic E-state index is 11.7. The van der Waals surface area contributed by atoms with E-state index in [2.05, 4.69) is 21.0 Å². The van der Waals surface area contributed by atoms with Gasteiger partial charge >= 0.3 is 0 Å². The van der Waals surface area contributed by atoms with E-state index in [0.717, 1.165) is 14.7 Å². The van der Waals surface area contributed by atoms with E-state index in [1.54, 1.807) is 6.08 Å². The van der Waals surface area contributed by atoms with Crippen LogP contribution in [0.4, 0.5) is 0 Å². The molecule has 0 radical (unpaired) electrons. The summed E-state index contributed by atoms with van der Waals surface area (Å²) in [5.41, 5.74) is 0.496. The van der Waals surface area contributed by atoms with Gasteiger partial charge < -0.3 is 0 Å². The Morgan fingerprint density at radius 3 is 2.56 bits per heavy atom. The zero-order chi connectivity index (χ0) is 13.1. The predicted octanol–water partition coefficient (Wildman–Crippen LogP) is 3.94. The zero-order valence-corrected chi connectivity index (χ0v) is 12.1. The van der Waals surface area contributed by atoms with Crippen molar-refractivity contribution in [2.75, 3.05) is 0 Å². The van der Waals surface area contributed by atoms with Crippen LogP contribution in [0.2, 0.25) is 10.0 Å². The lowest BCUT2D eigenvalue weighted by Gasteiger charge is -1.99. The molecule has 1 heterocycles. The first-order valence-electron chi connectivity index (χ1n) is 4.94. The quantitative estimate of drug-likeness (QED) is 0.826. The van der Waals surface area contributed by atoms with E-state index in [1.165, 1.54) is 12.4 Å². The van der Waals surface area contributed by atoms with Crippen molar-refractivity contribution in [3.63, 3.8) is 0 Å². The average molecular weight is 346 g/mol. The zero-order valence-electron chi connectivity index (χ0n) is 8.98. The lowest BCUT2D eigenvalue weighted by atomic mass is 10.2. The molecule has 1 aromatic heterocycles. The van der Waals surface area contributed by atoms with Crippen LogP contribution in [-0.2, 0) is 0 Å². The minimum absolute atomic E-state index is 0.0351. The van der Waals surface area contributed by atoms with Crippen LogP contribution in [0.1, 0.15) is 5.56 Å². The number of hydrogen-bond donors (Lipinski definition) is 0. The number of benzene rings is 1. The van der Waals surface area contributed by atoms with Crippen LogP contribution in [0, 0.1) is 0 Å². The van der Waals surface area contributed by atoms with Crippen molar-refractivity contribution in [1.82, 2.24) is 9.78 Å². The second kappa shape index (κ2) is 5.69. The fraction of sp³-hybridized carbons (Fsp3) is 0. The molecule has 0 unspecified atom stereocenters. The Balaban J connectivity index is 2.32. The standard InChI is InChI=1S/C12H7BrCl2N2O/c13-9-3-1-8(2-4-9)5-6-17-12(18)11(15)10(14)7-16-17/h1-7H/b6-5+. The van der Waals surface area contributed by atoms with Crippen molar-refractivity contribution in [2.45, 2.75) is 0 Å². The lowest BCUT2D eigenvalue weighted by molar-refractivity contribution is 0.855. The monoisotopic (exact) mass is 344 g/mol. The molecule has 18 heavy (non-hydrogen) atoms. The third-order valence-corrected chi connectivity index (χ3v) is 3.46. The fourth-order valence-electron chi connectivity index (χ4n) is 1.26. The number of halogens is 3. The molecule has 0 fully saturated rings. The Bertz CT molecular complexity index is 650. The van der Waals surface area contributed by atoms with E-state index in [1.807, 2.05) is 24.3 Å². The molecular weight excluding hydrogens is 339 g/mol. The smallest absolute Gasteiger partial charge is 0.266 e. The molecule has 0 amide bonds. The summed E-state index contributed by atoms with van der Waals surface area (Å²) in [4.78, 5) is 11.7. The molecule has 0 N–H and O–H groups in total. The Hall–Kier alpha value is -1.10. The van der Waals surface area contributed by atoms with Crippen LogP contribution in [0.5, 0.6) is 0 Å². The molecule has 0 bridgehead atoms. The second-order valence-electron chi connectivity index (χ2n) is 3.42.